The normalized spacial score (nSPS) is 14.1. The second-order valence-electron chi connectivity index (χ2n) is 4.87. The topological polar surface area (TPSA) is 97.1 Å². The summed E-state index contributed by atoms with van der Waals surface area (Å²) < 4.78 is 0. The van der Waals surface area contributed by atoms with Crippen LogP contribution in [0.3, 0.4) is 0 Å². The van der Waals surface area contributed by atoms with Crippen LogP contribution in [0.4, 0.5) is 0 Å². The van der Waals surface area contributed by atoms with Crippen LogP contribution in [0.2, 0.25) is 0 Å². The van der Waals surface area contributed by atoms with Gasteiger partial charge in [0.15, 0.2) is 0 Å². The summed E-state index contributed by atoms with van der Waals surface area (Å²) in [5.41, 5.74) is 5.87. The lowest BCUT2D eigenvalue weighted by Crippen LogP contribution is -2.28. The summed E-state index contributed by atoms with van der Waals surface area (Å²) in [6.45, 7) is 1.02. The maximum atomic E-state index is 11.8. The standard InChI is InChI=1S/C13H20N4O2S/c14-6-5-12-17-10(8-20-12)13(19)15-7-1-2-11(18)16-9-3-4-9/h8-9H,1-7,14H2,(H,15,19)(H,16,18). The Morgan fingerprint density at radius 1 is 1.45 bits per heavy atom. The van der Waals surface area contributed by atoms with E-state index in [9.17, 15) is 9.59 Å². The summed E-state index contributed by atoms with van der Waals surface area (Å²) in [7, 11) is 0. The van der Waals surface area contributed by atoms with Gasteiger partial charge in [-0.2, -0.15) is 0 Å². The first-order valence-electron chi connectivity index (χ1n) is 6.91. The second kappa shape index (κ2) is 7.35. The van der Waals surface area contributed by atoms with Gasteiger partial charge in [0.05, 0.1) is 5.01 Å². The largest absolute Gasteiger partial charge is 0.353 e. The number of carbonyl (C=O) groups excluding carboxylic acids is 2. The van der Waals surface area contributed by atoms with E-state index in [0.717, 1.165) is 17.8 Å². The number of hydrogen-bond acceptors (Lipinski definition) is 5. The second-order valence-corrected chi connectivity index (χ2v) is 5.81. The Morgan fingerprint density at radius 2 is 2.25 bits per heavy atom. The average Bonchev–Trinajstić information content (AvgIpc) is 3.10. The molecule has 1 heterocycles. The molecule has 1 aliphatic carbocycles. The third-order valence-electron chi connectivity index (χ3n) is 2.95. The van der Waals surface area contributed by atoms with Crippen molar-refractivity contribution in [3.05, 3.63) is 16.1 Å². The number of nitrogens with two attached hydrogens (primary N) is 1. The minimum atomic E-state index is -0.188. The van der Waals surface area contributed by atoms with Crippen LogP contribution in [0.15, 0.2) is 5.38 Å². The zero-order chi connectivity index (χ0) is 14.4. The van der Waals surface area contributed by atoms with Crippen LogP contribution in [0.1, 0.15) is 41.2 Å². The van der Waals surface area contributed by atoms with Crippen LogP contribution in [-0.2, 0) is 11.2 Å². The summed E-state index contributed by atoms with van der Waals surface area (Å²) in [6, 6.07) is 0.396. The van der Waals surface area contributed by atoms with Crippen molar-refractivity contribution in [2.75, 3.05) is 13.1 Å². The molecule has 110 valence electrons. The highest BCUT2D eigenvalue weighted by Crippen LogP contribution is 2.18. The predicted octanol–water partition coefficient (Wildman–Crippen LogP) is 0.433. The van der Waals surface area contributed by atoms with Gasteiger partial charge in [-0.25, -0.2) is 4.98 Å². The van der Waals surface area contributed by atoms with E-state index in [1.54, 1.807) is 5.38 Å². The van der Waals surface area contributed by atoms with Crippen molar-refractivity contribution in [3.8, 4) is 0 Å². The molecule has 4 N–H and O–H groups in total. The van der Waals surface area contributed by atoms with Gasteiger partial charge in [-0.3, -0.25) is 9.59 Å². The van der Waals surface area contributed by atoms with Gasteiger partial charge in [-0.15, -0.1) is 11.3 Å². The number of rotatable bonds is 8. The number of nitrogens with zero attached hydrogens (tertiary/aromatic N) is 1. The zero-order valence-corrected chi connectivity index (χ0v) is 12.2. The minimum Gasteiger partial charge on any atom is -0.353 e. The van der Waals surface area contributed by atoms with Crippen molar-refractivity contribution in [2.24, 2.45) is 5.73 Å². The monoisotopic (exact) mass is 296 g/mol. The van der Waals surface area contributed by atoms with E-state index in [0.29, 0.717) is 44.1 Å². The predicted molar refractivity (Wildman–Crippen MR) is 77.6 cm³/mol. The van der Waals surface area contributed by atoms with Crippen LogP contribution in [-0.4, -0.2) is 35.9 Å². The van der Waals surface area contributed by atoms with Crippen LogP contribution in [0.25, 0.3) is 0 Å². The molecule has 0 spiro atoms. The van der Waals surface area contributed by atoms with Gasteiger partial charge in [-0.05, 0) is 25.8 Å². The van der Waals surface area contributed by atoms with E-state index in [-0.39, 0.29) is 11.8 Å². The molecule has 0 aromatic carbocycles. The molecular formula is C13H20N4O2S. The number of carbonyl (C=O) groups is 2. The maximum absolute atomic E-state index is 11.8. The minimum absolute atomic E-state index is 0.0700. The maximum Gasteiger partial charge on any atom is 0.270 e. The van der Waals surface area contributed by atoms with E-state index in [1.165, 1.54) is 11.3 Å². The van der Waals surface area contributed by atoms with E-state index >= 15 is 0 Å². The summed E-state index contributed by atoms with van der Waals surface area (Å²) in [5, 5.41) is 8.30. The van der Waals surface area contributed by atoms with E-state index in [2.05, 4.69) is 15.6 Å². The number of amides is 2. The van der Waals surface area contributed by atoms with Crippen molar-refractivity contribution in [1.82, 2.24) is 15.6 Å². The van der Waals surface area contributed by atoms with E-state index in [1.807, 2.05) is 0 Å². The molecule has 20 heavy (non-hydrogen) atoms. The number of thiazole rings is 1. The van der Waals surface area contributed by atoms with Crippen LogP contribution < -0.4 is 16.4 Å². The van der Waals surface area contributed by atoms with Crippen molar-refractivity contribution in [2.45, 2.75) is 38.1 Å². The summed E-state index contributed by atoms with van der Waals surface area (Å²) >= 11 is 1.44. The van der Waals surface area contributed by atoms with Crippen LogP contribution in [0.5, 0.6) is 0 Å². The Balaban J connectivity index is 1.62. The van der Waals surface area contributed by atoms with E-state index < -0.39 is 0 Å². The van der Waals surface area contributed by atoms with Crippen molar-refractivity contribution in [3.63, 3.8) is 0 Å². The molecule has 2 rings (SSSR count). The quantitative estimate of drug-likeness (QED) is 0.606. The van der Waals surface area contributed by atoms with E-state index in [4.69, 9.17) is 5.73 Å². The first-order chi connectivity index (χ1) is 9.69. The molecular weight excluding hydrogens is 276 g/mol. The molecule has 6 nitrogen and oxygen atoms in total. The Kier molecular flexibility index (Phi) is 5.49. The highest BCUT2D eigenvalue weighted by Gasteiger charge is 2.22. The Hall–Kier alpha value is -1.47. The highest BCUT2D eigenvalue weighted by molar-refractivity contribution is 7.09. The lowest BCUT2D eigenvalue weighted by Gasteiger charge is -2.04. The van der Waals surface area contributed by atoms with Gasteiger partial charge in [0.1, 0.15) is 5.69 Å². The van der Waals surface area contributed by atoms with Crippen LogP contribution in [0, 0.1) is 0 Å². The number of nitrogens with one attached hydrogen (secondary N) is 2. The Morgan fingerprint density at radius 3 is 2.95 bits per heavy atom. The van der Waals surface area contributed by atoms with Crippen molar-refractivity contribution in [1.29, 1.82) is 0 Å². The molecule has 0 radical (unpaired) electrons. The summed E-state index contributed by atoms with van der Waals surface area (Å²) in [4.78, 5) is 27.4. The van der Waals surface area contributed by atoms with Gasteiger partial charge < -0.3 is 16.4 Å². The smallest absolute Gasteiger partial charge is 0.270 e. The van der Waals surface area contributed by atoms with Gasteiger partial charge in [-0.1, -0.05) is 0 Å². The molecule has 0 bridgehead atoms. The molecule has 1 aromatic rings. The molecule has 7 heteroatoms. The molecule has 0 saturated heterocycles. The molecule has 1 aliphatic rings. The fraction of sp³-hybridized carbons (Fsp3) is 0.615. The average molecular weight is 296 g/mol. The first kappa shape index (κ1) is 14.9. The molecule has 0 unspecified atom stereocenters. The SMILES string of the molecule is NCCc1nc(C(=O)NCCCC(=O)NC2CC2)cs1. The van der Waals surface area contributed by atoms with Gasteiger partial charge in [0.25, 0.3) is 5.91 Å². The first-order valence-corrected chi connectivity index (χ1v) is 7.79. The third kappa shape index (κ3) is 4.90. The third-order valence-corrected chi connectivity index (χ3v) is 3.86. The van der Waals surface area contributed by atoms with Crippen molar-refractivity contribution < 1.29 is 9.59 Å². The number of hydrogen-bond donors (Lipinski definition) is 3. The van der Waals surface area contributed by atoms with Crippen molar-refractivity contribution >= 4 is 23.2 Å². The highest BCUT2D eigenvalue weighted by atomic mass is 32.1. The molecule has 2 amide bonds. The fourth-order valence-electron chi connectivity index (χ4n) is 1.72. The molecule has 1 aromatic heterocycles. The zero-order valence-electron chi connectivity index (χ0n) is 11.4. The molecule has 0 atom stereocenters. The summed E-state index contributed by atoms with van der Waals surface area (Å²) in [6.07, 6.45) is 3.98. The Bertz CT molecular complexity index is 471. The summed E-state index contributed by atoms with van der Waals surface area (Å²) in [5.74, 6) is -0.118. The molecule has 1 fully saturated rings. The van der Waals surface area contributed by atoms with Gasteiger partial charge in [0.2, 0.25) is 5.91 Å². The van der Waals surface area contributed by atoms with Gasteiger partial charge >= 0.3 is 0 Å². The molecule has 1 saturated carbocycles. The lowest BCUT2D eigenvalue weighted by atomic mass is 10.3. The fourth-order valence-corrected chi connectivity index (χ4v) is 2.52. The molecule has 0 aliphatic heterocycles. The lowest BCUT2D eigenvalue weighted by molar-refractivity contribution is -0.121. The van der Waals surface area contributed by atoms with Crippen LogP contribution >= 0.6 is 11.3 Å². The Labute approximate surface area is 122 Å². The number of aromatic nitrogens is 1. The van der Waals surface area contributed by atoms with Gasteiger partial charge in [0, 0.05) is 30.8 Å².